The number of aromatic nitrogens is 3. The first-order valence-electron chi connectivity index (χ1n) is 4.93. The van der Waals surface area contributed by atoms with E-state index in [1.807, 2.05) is 11.6 Å². The molecule has 1 heterocycles. The number of nitrogens with one attached hydrogen (secondary N) is 1. The van der Waals surface area contributed by atoms with Crippen molar-refractivity contribution in [2.24, 2.45) is 7.05 Å². The van der Waals surface area contributed by atoms with E-state index in [1.165, 1.54) is 7.11 Å². The number of rotatable bonds is 5. The van der Waals surface area contributed by atoms with Crippen molar-refractivity contribution in [1.29, 1.82) is 0 Å². The molecule has 6 heteroatoms. The molecule has 0 radical (unpaired) electrons. The van der Waals surface area contributed by atoms with Gasteiger partial charge in [0, 0.05) is 19.2 Å². The number of esters is 1. The second kappa shape index (κ2) is 6.02. The van der Waals surface area contributed by atoms with E-state index in [-0.39, 0.29) is 5.97 Å². The maximum atomic E-state index is 11.0. The lowest BCUT2D eigenvalue weighted by Crippen LogP contribution is -2.17. The SMILES string of the molecule is COC(=O)C(C)=CCNCc1nncn1C. The molecular formula is C10H16N4O2. The van der Waals surface area contributed by atoms with Crippen LogP contribution in [0.3, 0.4) is 0 Å². The van der Waals surface area contributed by atoms with E-state index in [1.54, 1.807) is 19.3 Å². The van der Waals surface area contributed by atoms with E-state index < -0.39 is 0 Å². The smallest absolute Gasteiger partial charge is 0.333 e. The van der Waals surface area contributed by atoms with Crippen LogP contribution in [0.4, 0.5) is 0 Å². The summed E-state index contributed by atoms with van der Waals surface area (Å²) in [5.41, 5.74) is 0.591. The molecule has 1 aromatic heterocycles. The molecule has 0 aliphatic heterocycles. The van der Waals surface area contributed by atoms with Crippen molar-refractivity contribution in [1.82, 2.24) is 20.1 Å². The van der Waals surface area contributed by atoms with Crippen LogP contribution in [0.1, 0.15) is 12.7 Å². The van der Waals surface area contributed by atoms with Crippen LogP contribution in [0.5, 0.6) is 0 Å². The highest BCUT2D eigenvalue weighted by atomic mass is 16.5. The maximum absolute atomic E-state index is 11.0. The summed E-state index contributed by atoms with van der Waals surface area (Å²) in [5.74, 6) is 0.546. The lowest BCUT2D eigenvalue weighted by Gasteiger charge is -2.02. The molecule has 0 aliphatic carbocycles. The standard InChI is InChI=1S/C10H16N4O2/c1-8(10(15)16-3)4-5-11-6-9-13-12-7-14(9)2/h4,7,11H,5-6H2,1-3H3. The molecule has 0 unspecified atom stereocenters. The van der Waals surface area contributed by atoms with Gasteiger partial charge in [0.25, 0.3) is 0 Å². The predicted octanol–water partition coefficient (Wildman–Crippen LogP) is 0.0240. The summed E-state index contributed by atoms with van der Waals surface area (Å²) in [6, 6.07) is 0. The van der Waals surface area contributed by atoms with Gasteiger partial charge in [-0.05, 0) is 6.92 Å². The maximum Gasteiger partial charge on any atom is 0.333 e. The summed E-state index contributed by atoms with van der Waals surface area (Å²) in [6.07, 6.45) is 3.43. The Bertz CT molecular complexity index is 384. The van der Waals surface area contributed by atoms with Crippen LogP contribution in [0, 0.1) is 0 Å². The molecule has 0 saturated heterocycles. The average molecular weight is 224 g/mol. The largest absolute Gasteiger partial charge is 0.466 e. The molecule has 0 saturated carbocycles. The van der Waals surface area contributed by atoms with Gasteiger partial charge in [0.05, 0.1) is 13.7 Å². The Kier molecular flexibility index (Phi) is 4.65. The molecular weight excluding hydrogens is 208 g/mol. The van der Waals surface area contributed by atoms with Crippen molar-refractivity contribution in [3.8, 4) is 0 Å². The summed E-state index contributed by atoms with van der Waals surface area (Å²) in [7, 11) is 3.25. The van der Waals surface area contributed by atoms with E-state index >= 15 is 0 Å². The van der Waals surface area contributed by atoms with Crippen LogP contribution >= 0.6 is 0 Å². The molecule has 0 aliphatic rings. The third kappa shape index (κ3) is 3.47. The molecule has 0 bridgehead atoms. The van der Waals surface area contributed by atoms with Crippen molar-refractivity contribution in [2.75, 3.05) is 13.7 Å². The molecule has 88 valence electrons. The van der Waals surface area contributed by atoms with Gasteiger partial charge in [0.15, 0.2) is 0 Å². The Morgan fingerprint density at radius 2 is 2.44 bits per heavy atom. The highest BCUT2D eigenvalue weighted by Crippen LogP contribution is 1.94. The van der Waals surface area contributed by atoms with Crippen LogP contribution in [-0.2, 0) is 23.1 Å². The topological polar surface area (TPSA) is 69.0 Å². The van der Waals surface area contributed by atoms with Crippen LogP contribution < -0.4 is 5.32 Å². The highest BCUT2D eigenvalue weighted by Gasteiger charge is 2.02. The monoisotopic (exact) mass is 224 g/mol. The van der Waals surface area contributed by atoms with Crippen LogP contribution in [0.25, 0.3) is 0 Å². The summed E-state index contributed by atoms with van der Waals surface area (Å²) in [5, 5.41) is 10.8. The van der Waals surface area contributed by atoms with Crippen molar-refractivity contribution in [2.45, 2.75) is 13.5 Å². The number of ether oxygens (including phenoxy) is 1. The van der Waals surface area contributed by atoms with Crippen LogP contribution in [0.15, 0.2) is 18.0 Å². The number of nitrogens with zero attached hydrogens (tertiary/aromatic N) is 3. The van der Waals surface area contributed by atoms with Gasteiger partial charge in [-0.3, -0.25) is 0 Å². The molecule has 16 heavy (non-hydrogen) atoms. The summed E-state index contributed by atoms with van der Waals surface area (Å²) < 4.78 is 6.41. The van der Waals surface area contributed by atoms with Crippen molar-refractivity contribution in [3.05, 3.63) is 23.8 Å². The lowest BCUT2D eigenvalue weighted by atomic mass is 10.3. The molecule has 6 nitrogen and oxygen atoms in total. The van der Waals surface area contributed by atoms with Crippen molar-refractivity contribution in [3.63, 3.8) is 0 Å². The molecule has 1 N–H and O–H groups in total. The molecule has 1 rings (SSSR count). The third-order valence-corrected chi connectivity index (χ3v) is 2.15. The Labute approximate surface area is 94.3 Å². The molecule has 1 aromatic rings. The number of carbonyl (C=O) groups is 1. The lowest BCUT2D eigenvalue weighted by molar-refractivity contribution is -0.136. The number of carbonyl (C=O) groups excluding carboxylic acids is 1. The first-order chi connectivity index (χ1) is 7.65. The average Bonchev–Trinajstić information content (AvgIpc) is 2.69. The molecule has 0 fully saturated rings. The first kappa shape index (κ1) is 12.4. The van der Waals surface area contributed by atoms with Gasteiger partial charge in [-0.15, -0.1) is 10.2 Å². The van der Waals surface area contributed by atoms with Gasteiger partial charge in [-0.1, -0.05) is 6.08 Å². The van der Waals surface area contributed by atoms with E-state index in [0.29, 0.717) is 18.7 Å². The second-order valence-electron chi connectivity index (χ2n) is 3.37. The first-order valence-corrected chi connectivity index (χ1v) is 4.93. The van der Waals surface area contributed by atoms with Gasteiger partial charge >= 0.3 is 5.97 Å². The second-order valence-corrected chi connectivity index (χ2v) is 3.37. The van der Waals surface area contributed by atoms with E-state index in [9.17, 15) is 4.79 Å². The quantitative estimate of drug-likeness (QED) is 0.434. The van der Waals surface area contributed by atoms with Gasteiger partial charge in [-0.2, -0.15) is 0 Å². The summed E-state index contributed by atoms with van der Waals surface area (Å²) >= 11 is 0. The fourth-order valence-electron chi connectivity index (χ4n) is 1.12. The van der Waals surface area contributed by atoms with Crippen molar-refractivity contribution < 1.29 is 9.53 Å². The van der Waals surface area contributed by atoms with Crippen LogP contribution in [-0.4, -0.2) is 34.4 Å². The number of hydrogen-bond acceptors (Lipinski definition) is 5. The predicted molar refractivity (Wildman–Crippen MR) is 58.5 cm³/mol. The number of hydrogen-bond donors (Lipinski definition) is 1. The minimum Gasteiger partial charge on any atom is -0.466 e. The Hall–Kier alpha value is -1.69. The molecule has 0 spiro atoms. The fourth-order valence-corrected chi connectivity index (χ4v) is 1.12. The van der Waals surface area contributed by atoms with Gasteiger partial charge in [0.1, 0.15) is 12.2 Å². The summed E-state index contributed by atoms with van der Waals surface area (Å²) in [6.45, 7) is 2.92. The van der Waals surface area contributed by atoms with E-state index in [2.05, 4.69) is 20.3 Å². The minimum atomic E-state index is -0.305. The molecule has 0 aromatic carbocycles. The van der Waals surface area contributed by atoms with E-state index in [0.717, 1.165) is 5.82 Å². The minimum absolute atomic E-state index is 0.305. The van der Waals surface area contributed by atoms with Crippen LogP contribution in [0.2, 0.25) is 0 Å². The zero-order chi connectivity index (χ0) is 12.0. The van der Waals surface area contributed by atoms with Gasteiger partial charge < -0.3 is 14.6 Å². The number of methoxy groups -OCH3 is 1. The van der Waals surface area contributed by atoms with Gasteiger partial charge in [-0.25, -0.2) is 4.79 Å². The fraction of sp³-hybridized carbons (Fsp3) is 0.500. The Balaban J connectivity index is 2.32. The molecule has 0 atom stereocenters. The highest BCUT2D eigenvalue weighted by molar-refractivity contribution is 5.87. The molecule has 0 amide bonds. The zero-order valence-corrected chi connectivity index (χ0v) is 9.73. The van der Waals surface area contributed by atoms with Gasteiger partial charge in [0.2, 0.25) is 0 Å². The normalized spacial score (nSPS) is 11.6. The third-order valence-electron chi connectivity index (χ3n) is 2.15. The number of aryl methyl sites for hydroxylation is 1. The van der Waals surface area contributed by atoms with Crippen molar-refractivity contribution >= 4 is 5.97 Å². The Morgan fingerprint density at radius 3 is 3.00 bits per heavy atom. The van der Waals surface area contributed by atoms with E-state index in [4.69, 9.17) is 0 Å². The zero-order valence-electron chi connectivity index (χ0n) is 9.73. The summed E-state index contributed by atoms with van der Waals surface area (Å²) in [4.78, 5) is 11.0. The Morgan fingerprint density at radius 1 is 1.69 bits per heavy atom.